The van der Waals surface area contributed by atoms with Crippen molar-refractivity contribution in [2.75, 3.05) is 53.3 Å². The quantitative estimate of drug-likeness (QED) is 0.206. The molecule has 1 amide bonds. The lowest BCUT2D eigenvalue weighted by atomic mass is 9.90. The summed E-state index contributed by atoms with van der Waals surface area (Å²) in [5.74, 6) is -0.387. The van der Waals surface area contributed by atoms with E-state index in [1.807, 2.05) is 0 Å². The number of rotatable bonds is 11. The highest BCUT2D eigenvalue weighted by Crippen LogP contribution is 2.15. The molecule has 0 saturated carbocycles. The van der Waals surface area contributed by atoms with Gasteiger partial charge in [0.05, 0.1) is 57.3 Å². The molecule has 1 aliphatic heterocycles. The zero-order chi connectivity index (χ0) is 17.9. The van der Waals surface area contributed by atoms with Crippen LogP contribution in [0, 0.1) is 0 Å². The predicted octanol–water partition coefficient (Wildman–Crippen LogP) is -3.80. The highest BCUT2D eigenvalue weighted by Gasteiger charge is 2.41. The Bertz CT molecular complexity index is 358. The Morgan fingerprint density at radius 1 is 1.00 bits per heavy atom. The van der Waals surface area contributed by atoms with E-state index in [0.717, 1.165) is 0 Å². The van der Waals surface area contributed by atoms with E-state index in [9.17, 15) is 20.1 Å². The maximum absolute atomic E-state index is 11.7. The second-order valence-corrected chi connectivity index (χ2v) is 5.50. The van der Waals surface area contributed by atoms with Crippen LogP contribution < -0.4 is 10.6 Å². The molecule has 5 atom stereocenters. The first-order valence-corrected chi connectivity index (χ1v) is 7.83. The summed E-state index contributed by atoms with van der Waals surface area (Å²) in [7, 11) is 1.57. The van der Waals surface area contributed by atoms with Crippen molar-refractivity contribution in [1.82, 2.24) is 10.6 Å². The van der Waals surface area contributed by atoms with Crippen LogP contribution in [0.3, 0.4) is 0 Å². The van der Waals surface area contributed by atoms with Crippen LogP contribution in [0.25, 0.3) is 0 Å². The Balaban J connectivity index is 2.19. The van der Waals surface area contributed by atoms with Gasteiger partial charge in [-0.05, 0) is 0 Å². The molecule has 0 aromatic rings. The van der Waals surface area contributed by atoms with Crippen molar-refractivity contribution in [3.63, 3.8) is 0 Å². The Morgan fingerprint density at radius 2 is 1.62 bits per heavy atom. The average Bonchev–Trinajstić information content (AvgIpc) is 2.58. The lowest BCUT2D eigenvalue weighted by molar-refractivity contribution is -0.129. The molecule has 0 aromatic heterocycles. The summed E-state index contributed by atoms with van der Waals surface area (Å²) in [6, 6.07) is -1.47. The van der Waals surface area contributed by atoms with E-state index >= 15 is 0 Å². The van der Waals surface area contributed by atoms with Crippen LogP contribution in [0.5, 0.6) is 0 Å². The number of aliphatic hydroxyl groups excluding tert-OH is 4. The van der Waals surface area contributed by atoms with E-state index in [1.165, 1.54) is 0 Å². The van der Waals surface area contributed by atoms with E-state index in [-0.39, 0.29) is 25.7 Å². The van der Waals surface area contributed by atoms with Gasteiger partial charge >= 0.3 is 0 Å². The number of nitrogens with one attached hydrogen (secondary N) is 2. The Kier molecular flexibility index (Phi) is 10.3. The number of hydrogen-bond donors (Lipinski definition) is 6. The summed E-state index contributed by atoms with van der Waals surface area (Å²) in [5, 5.41) is 43.8. The number of carbonyl (C=O) groups excluding carboxylic acids is 1. The molecule has 0 spiro atoms. The van der Waals surface area contributed by atoms with Gasteiger partial charge < -0.3 is 45.3 Å². The van der Waals surface area contributed by atoms with Crippen molar-refractivity contribution in [3.05, 3.63) is 0 Å². The zero-order valence-corrected chi connectivity index (χ0v) is 13.8. The fourth-order valence-electron chi connectivity index (χ4n) is 2.29. The Labute approximate surface area is 140 Å². The molecule has 1 rings (SSSR count). The van der Waals surface area contributed by atoms with Crippen molar-refractivity contribution in [2.45, 2.75) is 30.4 Å². The van der Waals surface area contributed by atoms with E-state index in [0.29, 0.717) is 19.8 Å². The predicted molar refractivity (Wildman–Crippen MR) is 82.3 cm³/mol. The van der Waals surface area contributed by atoms with Crippen LogP contribution in [-0.2, 0) is 19.0 Å². The van der Waals surface area contributed by atoms with Crippen molar-refractivity contribution in [3.8, 4) is 0 Å². The number of aliphatic hydroxyl groups is 4. The van der Waals surface area contributed by atoms with Crippen molar-refractivity contribution in [2.24, 2.45) is 0 Å². The molecule has 0 radical (unpaired) electrons. The lowest BCUT2D eigenvalue weighted by Crippen LogP contribution is -2.68. The van der Waals surface area contributed by atoms with Crippen LogP contribution in [0.15, 0.2) is 0 Å². The summed E-state index contributed by atoms with van der Waals surface area (Å²) in [5.41, 5.74) is 0. The Morgan fingerprint density at radius 3 is 2.29 bits per heavy atom. The van der Waals surface area contributed by atoms with Crippen LogP contribution in [0.4, 0.5) is 0 Å². The first-order chi connectivity index (χ1) is 11.5. The molecule has 142 valence electrons. The number of hydrogen-bond acceptors (Lipinski definition) is 9. The highest BCUT2D eigenvalue weighted by atomic mass is 16.5. The van der Waals surface area contributed by atoms with Crippen LogP contribution in [0.1, 0.15) is 0 Å². The number of ether oxygens (including phenoxy) is 3. The lowest BCUT2D eigenvalue weighted by Gasteiger charge is -2.41. The van der Waals surface area contributed by atoms with Gasteiger partial charge in [-0.2, -0.15) is 0 Å². The molecule has 0 aliphatic carbocycles. The molecular weight excluding hydrogens is 324 g/mol. The standard InChI is InChI=1S/C14H28N2O8/c1-22-2-3-23-4-5-24-8-11(18)15-6-9-12(19)14(21)13(20)10(7-17)16-9/h9-10,12-14,16-17,19-21H,2-8H2,1H3,(H,15,18)/t9-,10-,12+,13-,14-/m1/s1. The smallest absolute Gasteiger partial charge is 0.246 e. The topological polar surface area (TPSA) is 150 Å². The molecule has 10 nitrogen and oxygen atoms in total. The molecular formula is C14H28N2O8. The van der Waals surface area contributed by atoms with Gasteiger partial charge in [-0.25, -0.2) is 0 Å². The average molecular weight is 352 g/mol. The molecule has 10 heteroatoms. The van der Waals surface area contributed by atoms with Crippen molar-refractivity contribution in [1.29, 1.82) is 0 Å². The van der Waals surface area contributed by atoms with Gasteiger partial charge in [0.2, 0.25) is 5.91 Å². The number of methoxy groups -OCH3 is 1. The van der Waals surface area contributed by atoms with Gasteiger partial charge in [-0.3, -0.25) is 4.79 Å². The SMILES string of the molecule is COCCOCCOCC(=O)NC[C@H]1N[C@H](CO)[C@@H](O)[C@H](O)[C@H]1O. The van der Waals surface area contributed by atoms with E-state index in [4.69, 9.17) is 19.3 Å². The Hall–Kier alpha value is -0.850. The highest BCUT2D eigenvalue weighted by molar-refractivity contribution is 5.77. The third-order valence-electron chi connectivity index (χ3n) is 3.71. The van der Waals surface area contributed by atoms with Gasteiger partial charge in [0, 0.05) is 13.7 Å². The first kappa shape index (κ1) is 21.2. The van der Waals surface area contributed by atoms with Gasteiger partial charge in [-0.1, -0.05) is 0 Å². The summed E-state index contributed by atoms with van der Waals surface area (Å²) in [6.07, 6.45) is -3.94. The molecule has 1 fully saturated rings. The van der Waals surface area contributed by atoms with E-state index in [1.54, 1.807) is 7.11 Å². The van der Waals surface area contributed by atoms with Gasteiger partial charge in [-0.15, -0.1) is 0 Å². The van der Waals surface area contributed by atoms with Crippen LogP contribution in [-0.4, -0.2) is 110 Å². The maximum atomic E-state index is 11.7. The second-order valence-electron chi connectivity index (χ2n) is 5.50. The number of piperidine rings is 1. The monoisotopic (exact) mass is 352 g/mol. The molecule has 1 heterocycles. The zero-order valence-electron chi connectivity index (χ0n) is 13.8. The van der Waals surface area contributed by atoms with Crippen LogP contribution >= 0.6 is 0 Å². The molecule has 24 heavy (non-hydrogen) atoms. The normalized spacial score (nSPS) is 30.3. The third-order valence-corrected chi connectivity index (χ3v) is 3.71. The van der Waals surface area contributed by atoms with Crippen LogP contribution in [0.2, 0.25) is 0 Å². The molecule has 0 aromatic carbocycles. The summed E-state index contributed by atoms with van der Waals surface area (Å²) >= 11 is 0. The second kappa shape index (κ2) is 11.7. The number of amides is 1. The molecule has 0 bridgehead atoms. The molecule has 1 saturated heterocycles. The summed E-state index contributed by atoms with van der Waals surface area (Å²) in [6.45, 7) is 1.02. The largest absolute Gasteiger partial charge is 0.395 e. The van der Waals surface area contributed by atoms with Crippen molar-refractivity contribution >= 4 is 5.91 Å². The fourth-order valence-corrected chi connectivity index (χ4v) is 2.29. The van der Waals surface area contributed by atoms with Gasteiger partial charge in [0.25, 0.3) is 0 Å². The van der Waals surface area contributed by atoms with E-state index in [2.05, 4.69) is 10.6 Å². The third kappa shape index (κ3) is 6.95. The van der Waals surface area contributed by atoms with Gasteiger partial charge in [0.1, 0.15) is 12.7 Å². The minimum Gasteiger partial charge on any atom is -0.395 e. The molecule has 1 aliphatic rings. The summed E-state index contributed by atoms with van der Waals surface area (Å²) in [4.78, 5) is 11.7. The molecule has 6 N–H and O–H groups in total. The number of carbonyl (C=O) groups is 1. The molecule has 0 unspecified atom stereocenters. The fraction of sp³-hybridized carbons (Fsp3) is 0.929. The minimum absolute atomic E-state index is 0.0218. The van der Waals surface area contributed by atoms with Gasteiger partial charge in [0.15, 0.2) is 0 Å². The first-order valence-electron chi connectivity index (χ1n) is 7.83. The summed E-state index contributed by atoms with van der Waals surface area (Å²) < 4.78 is 15.1. The maximum Gasteiger partial charge on any atom is 0.246 e. The van der Waals surface area contributed by atoms with Crippen molar-refractivity contribution < 1.29 is 39.4 Å². The van der Waals surface area contributed by atoms with E-state index < -0.39 is 37.0 Å². The minimum atomic E-state index is -1.40.